The number of para-hydroxylation sites is 1. The van der Waals surface area contributed by atoms with Gasteiger partial charge in [-0.3, -0.25) is 4.57 Å². The van der Waals surface area contributed by atoms with Crippen molar-refractivity contribution in [3.63, 3.8) is 0 Å². The molecule has 0 aliphatic heterocycles. The van der Waals surface area contributed by atoms with Crippen LogP contribution in [-0.2, 0) is 0 Å². The van der Waals surface area contributed by atoms with Crippen LogP contribution in [0.1, 0.15) is 13.7 Å². The number of hydrogen-bond donors (Lipinski definition) is 0. The number of hydrogen-bond acceptors (Lipinski definition) is 2. The Labute approximate surface area is 197 Å². The average Bonchev–Trinajstić information content (AvgIpc) is 3.34. The first-order chi connectivity index (χ1) is 18.9. The number of halogens is 1. The summed E-state index contributed by atoms with van der Waals surface area (Å²) in [7, 11) is 1.51. The molecule has 3 nitrogen and oxygen atoms in total. The van der Waals surface area contributed by atoms with E-state index >= 15 is 0 Å². The van der Waals surface area contributed by atoms with Crippen LogP contribution in [0, 0.1) is 0 Å². The molecule has 0 N–H and O–H groups in total. The molecular formula is C26H19BrN2O. The maximum Gasteiger partial charge on any atom is 0.135 e. The van der Waals surface area contributed by atoms with E-state index in [0.717, 1.165) is 0 Å². The summed E-state index contributed by atoms with van der Waals surface area (Å²) >= 11 is 3.47. The van der Waals surface area contributed by atoms with Crippen molar-refractivity contribution in [1.29, 1.82) is 0 Å². The van der Waals surface area contributed by atoms with Crippen molar-refractivity contribution in [2.75, 3.05) is 7.11 Å². The summed E-state index contributed by atoms with van der Waals surface area (Å²) in [6.45, 7) is 0. The molecule has 0 radical (unpaired) electrons. The maximum atomic E-state index is 8.62. The number of fused-ring (bicyclic) bond motifs is 1. The predicted octanol–water partition coefficient (Wildman–Crippen LogP) is 7.13. The second-order valence-corrected chi connectivity index (χ2v) is 7.15. The highest BCUT2D eigenvalue weighted by Gasteiger charge is 2.17. The molecular weight excluding hydrogens is 436 g/mol. The molecule has 4 aromatic carbocycles. The smallest absolute Gasteiger partial charge is 0.135 e. The highest BCUT2D eigenvalue weighted by atomic mass is 79.9. The number of rotatable bonds is 4. The predicted molar refractivity (Wildman–Crippen MR) is 126 cm³/mol. The van der Waals surface area contributed by atoms with E-state index in [-0.39, 0.29) is 27.9 Å². The van der Waals surface area contributed by atoms with Gasteiger partial charge in [-0.2, -0.15) is 0 Å². The van der Waals surface area contributed by atoms with Gasteiger partial charge in [0.2, 0.25) is 0 Å². The zero-order chi connectivity index (χ0) is 29.2. The van der Waals surface area contributed by atoms with E-state index in [4.69, 9.17) is 18.4 Å². The van der Waals surface area contributed by atoms with E-state index < -0.39 is 60.4 Å². The molecule has 0 aliphatic rings. The van der Waals surface area contributed by atoms with Gasteiger partial charge in [-0.25, -0.2) is 4.98 Å². The number of benzene rings is 4. The van der Waals surface area contributed by atoms with Crippen LogP contribution in [0.25, 0.3) is 39.0 Å². The zero-order valence-corrected chi connectivity index (χ0v) is 17.2. The van der Waals surface area contributed by atoms with Gasteiger partial charge in [0.05, 0.1) is 42.0 Å². The molecule has 0 saturated carbocycles. The Morgan fingerprint density at radius 1 is 0.900 bits per heavy atom. The molecule has 0 fully saturated rings. The molecule has 0 amide bonds. The van der Waals surface area contributed by atoms with Crippen molar-refractivity contribution in [1.82, 2.24) is 9.55 Å². The first-order valence-electron chi connectivity index (χ1n) is 13.9. The van der Waals surface area contributed by atoms with E-state index in [2.05, 4.69) is 20.9 Å². The lowest BCUT2D eigenvalue weighted by atomic mass is 9.95. The number of imidazole rings is 1. The summed E-state index contributed by atoms with van der Waals surface area (Å²) < 4.78 is 91.0. The minimum atomic E-state index is -0.550. The van der Waals surface area contributed by atoms with Crippen molar-refractivity contribution >= 4 is 27.0 Å². The molecule has 5 rings (SSSR count). The second-order valence-electron chi connectivity index (χ2n) is 6.29. The van der Waals surface area contributed by atoms with Crippen LogP contribution in [-0.4, -0.2) is 16.7 Å². The fraction of sp³-hybridized carbons (Fsp3) is 0.0385. The van der Waals surface area contributed by atoms with Gasteiger partial charge >= 0.3 is 0 Å². The molecule has 1 heterocycles. The van der Waals surface area contributed by atoms with Crippen LogP contribution in [0.3, 0.4) is 0 Å². The fourth-order valence-electron chi connectivity index (χ4n) is 3.32. The van der Waals surface area contributed by atoms with E-state index in [1.165, 1.54) is 13.4 Å². The van der Waals surface area contributed by atoms with Crippen LogP contribution in [0.4, 0.5) is 0 Å². The summed E-state index contributed by atoms with van der Waals surface area (Å²) in [6, 6.07) is 3.08. The first kappa shape index (κ1) is 10.6. The third-order valence-electron chi connectivity index (χ3n) is 4.64. The SMILES string of the molecule is [2H]c1c([2H])c([2H])c(-c2cccc(-c3c([2H])c([2H])c([2H])c([2H])c3[2H])c2-n2cnc3cc(OC)c(Br)cc32)c([2H])c1[2H]. The van der Waals surface area contributed by atoms with Crippen LogP contribution < -0.4 is 4.74 Å². The summed E-state index contributed by atoms with van der Waals surface area (Å²) in [5.41, 5.74) is 1.41. The minimum absolute atomic E-state index is 0.107. The van der Waals surface area contributed by atoms with Crippen LogP contribution in [0.2, 0.25) is 0 Å². The third-order valence-corrected chi connectivity index (χ3v) is 5.26. The topological polar surface area (TPSA) is 27.1 Å². The van der Waals surface area contributed by atoms with Crippen LogP contribution >= 0.6 is 15.9 Å². The van der Waals surface area contributed by atoms with Gasteiger partial charge in [0.1, 0.15) is 12.1 Å². The van der Waals surface area contributed by atoms with Crippen molar-refractivity contribution < 1.29 is 18.4 Å². The largest absolute Gasteiger partial charge is 0.495 e. The molecule has 4 heteroatoms. The first-order valence-corrected chi connectivity index (χ1v) is 9.68. The van der Waals surface area contributed by atoms with Crippen molar-refractivity contribution in [2.24, 2.45) is 0 Å². The molecule has 0 saturated heterocycles. The molecule has 0 spiro atoms. The standard InChI is InChI=1S/C26H19BrN2O/c1-30-25-16-23-24(15-22(25)27)29(17-28-23)26-20(18-9-4-2-5-10-18)13-8-14-21(26)19-11-6-3-7-12-19/h2-17H,1H3/i2D,3D,4D,5D,6D,7D,9D,10D,11D,12D. The molecule has 146 valence electrons. The Kier molecular flexibility index (Phi) is 2.76. The summed E-state index contributed by atoms with van der Waals surface area (Å²) in [4.78, 5) is 4.47. The molecule has 1 aromatic heterocycles. The second kappa shape index (κ2) is 7.81. The Morgan fingerprint density at radius 2 is 1.50 bits per heavy atom. The van der Waals surface area contributed by atoms with Gasteiger partial charge in [0.25, 0.3) is 0 Å². The van der Waals surface area contributed by atoms with Gasteiger partial charge in [-0.05, 0) is 33.1 Å². The van der Waals surface area contributed by atoms with Crippen LogP contribution in [0.15, 0.2) is 102 Å². The summed E-state index contributed by atoms with van der Waals surface area (Å²) in [5.74, 6) is 0.516. The van der Waals surface area contributed by atoms with Gasteiger partial charge in [-0.15, -0.1) is 0 Å². The monoisotopic (exact) mass is 464 g/mol. The van der Waals surface area contributed by atoms with Gasteiger partial charge < -0.3 is 4.74 Å². The Balaban J connectivity index is 2.00. The van der Waals surface area contributed by atoms with Crippen molar-refractivity contribution in [2.45, 2.75) is 0 Å². The van der Waals surface area contributed by atoms with E-state index in [0.29, 0.717) is 21.3 Å². The molecule has 30 heavy (non-hydrogen) atoms. The fourth-order valence-corrected chi connectivity index (χ4v) is 3.81. The lowest BCUT2D eigenvalue weighted by Gasteiger charge is -2.17. The van der Waals surface area contributed by atoms with E-state index in [9.17, 15) is 0 Å². The average molecular weight is 465 g/mol. The lowest BCUT2D eigenvalue weighted by molar-refractivity contribution is 0.412. The summed E-state index contributed by atoms with van der Waals surface area (Å²) in [5, 5.41) is 0. The number of nitrogens with zero attached hydrogens (tertiary/aromatic N) is 2. The molecule has 0 aliphatic carbocycles. The Hall–Kier alpha value is -3.37. The maximum absolute atomic E-state index is 8.62. The van der Waals surface area contributed by atoms with E-state index in [1.54, 1.807) is 34.9 Å². The van der Waals surface area contributed by atoms with Crippen molar-refractivity contribution in [3.8, 4) is 33.7 Å². The number of aromatic nitrogens is 2. The minimum Gasteiger partial charge on any atom is -0.495 e. The Morgan fingerprint density at radius 3 is 2.07 bits per heavy atom. The van der Waals surface area contributed by atoms with Gasteiger partial charge in [0, 0.05) is 17.2 Å². The Bertz CT molecular complexity index is 1730. The van der Waals surface area contributed by atoms with Crippen LogP contribution in [0.5, 0.6) is 5.75 Å². The molecule has 0 unspecified atom stereocenters. The lowest BCUT2D eigenvalue weighted by Crippen LogP contribution is -1.99. The third kappa shape index (κ3) is 3.19. The molecule has 5 aromatic rings. The summed E-state index contributed by atoms with van der Waals surface area (Å²) in [6.07, 6.45) is 1.46. The van der Waals surface area contributed by atoms with Gasteiger partial charge in [0.15, 0.2) is 0 Å². The molecule has 0 atom stereocenters. The highest BCUT2D eigenvalue weighted by Crippen LogP contribution is 2.38. The molecule has 0 bridgehead atoms. The highest BCUT2D eigenvalue weighted by molar-refractivity contribution is 9.10. The zero-order valence-electron chi connectivity index (χ0n) is 25.6. The number of ether oxygens (including phenoxy) is 1. The van der Waals surface area contributed by atoms with Gasteiger partial charge in [-0.1, -0.05) is 78.6 Å². The normalized spacial score (nSPS) is 15.7. The van der Waals surface area contributed by atoms with E-state index in [1.807, 2.05) is 0 Å². The van der Waals surface area contributed by atoms with Crippen molar-refractivity contribution in [3.05, 3.63) is 102 Å². The number of methoxy groups -OCH3 is 1. The quantitative estimate of drug-likeness (QED) is 0.282.